The molecule has 88 valence electrons. The predicted molar refractivity (Wildman–Crippen MR) is 66.4 cm³/mol. The molecule has 0 aromatic heterocycles. The fourth-order valence-electron chi connectivity index (χ4n) is 1.20. The van der Waals surface area contributed by atoms with E-state index in [-0.39, 0.29) is 6.10 Å². The summed E-state index contributed by atoms with van der Waals surface area (Å²) in [5.74, 6) is 1.70. The van der Waals surface area contributed by atoms with Gasteiger partial charge in [-0.05, 0) is 19.1 Å². The molecule has 1 atom stereocenters. The highest BCUT2D eigenvalue weighted by Crippen LogP contribution is 2.37. The first-order chi connectivity index (χ1) is 7.60. The van der Waals surface area contributed by atoms with Crippen LogP contribution in [0.1, 0.15) is 6.92 Å². The van der Waals surface area contributed by atoms with E-state index in [9.17, 15) is 0 Å². The predicted octanol–water partition coefficient (Wildman–Crippen LogP) is 1.76. The van der Waals surface area contributed by atoms with Crippen LogP contribution in [0.25, 0.3) is 0 Å². The van der Waals surface area contributed by atoms with Gasteiger partial charge in [0.2, 0.25) is 5.75 Å². The van der Waals surface area contributed by atoms with E-state index in [4.69, 9.17) is 32.2 Å². The Hall–Kier alpha value is -1.49. The number of methoxy groups -OCH3 is 2. The smallest absolute Gasteiger partial charge is 0.203 e. The Morgan fingerprint density at radius 3 is 2.38 bits per heavy atom. The molecule has 1 unspecified atom stereocenters. The monoisotopic (exact) mass is 241 g/mol. The number of ether oxygens (including phenoxy) is 3. The number of nitrogens with two attached hydrogens (primary N) is 1. The van der Waals surface area contributed by atoms with Gasteiger partial charge in [0.05, 0.1) is 14.2 Å². The van der Waals surface area contributed by atoms with Crippen molar-refractivity contribution in [2.45, 2.75) is 13.0 Å². The molecule has 0 spiro atoms. The van der Waals surface area contributed by atoms with Crippen LogP contribution in [0.2, 0.25) is 0 Å². The summed E-state index contributed by atoms with van der Waals surface area (Å²) in [5, 5.41) is 0. The van der Waals surface area contributed by atoms with E-state index in [2.05, 4.69) is 0 Å². The number of benzene rings is 1. The second-order valence-electron chi connectivity index (χ2n) is 3.15. The number of para-hydroxylation sites is 1. The Balaban J connectivity index is 2.99. The third kappa shape index (κ3) is 2.76. The molecule has 1 rings (SSSR count). The highest BCUT2D eigenvalue weighted by molar-refractivity contribution is 7.80. The molecule has 4 nitrogen and oxygen atoms in total. The van der Waals surface area contributed by atoms with Gasteiger partial charge >= 0.3 is 0 Å². The molecule has 0 radical (unpaired) electrons. The molecule has 1 aromatic rings. The number of hydrogen-bond acceptors (Lipinski definition) is 4. The molecular weight excluding hydrogens is 226 g/mol. The van der Waals surface area contributed by atoms with Crippen LogP contribution in [-0.2, 0) is 0 Å². The van der Waals surface area contributed by atoms with E-state index in [1.165, 1.54) is 0 Å². The Kier molecular flexibility index (Phi) is 4.37. The quantitative estimate of drug-likeness (QED) is 0.796. The third-order valence-electron chi connectivity index (χ3n) is 2.07. The topological polar surface area (TPSA) is 53.7 Å². The molecule has 0 saturated carbocycles. The molecule has 0 fully saturated rings. The van der Waals surface area contributed by atoms with E-state index >= 15 is 0 Å². The fourth-order valence-corrected chi connectivity index (χ4v) is 1.25. The van der Waals surface area contributed by atoms with Crippen molar-refractivity contribution in [1.82, 2.24) is 0 Å². The largest absolute Gasteiger partial charge is 0.493 e. The zero-order valence-electron chi connectivity index (χ0n) is 9.52. The standard InChI is InChI=1S/C11H15NO3S/c1-7(11(12)16)15-9-6-4-5-8(13-2)10(9)14-3/h4-7H,1-3H3,(H2,12,16). The molecule has 16 heavy (non-hydrogen) atoms. The zero-order chi connectivity index (χ0) is 12.1. The summed E-state index contributed by atoms with van der Waals surface area (Å²) >= 11 is 4.84. The maximum absolute atomic E-state index is 5.57. The van der Waals surface area contributed by atoms with E-state index in [1.807, 2.05) is 6.07 Å². The number of thiocarbonyl (C=S) groups is 1. The average Bonchev–Trinajstić information content (AvgIpc) is 2.28. The molecular formula is C11H15NO3S. The molecule has 0 aliphatic carbocycles. The van der Waals surface area contributed by atoms with Gasteiger partial charge in [-0.1, -0.05) is 18.3 Å². The molecule has 1 aromatic carbocycles. The van der Waals surface area contributed by atoms with Crippen LogP contribution < -0.4 is 19.9 Å². The number of hydrogen-bond donors (Lipinski definition) is 1. The van der Waals surface area contributed by atoms with Gasteiger partial charge in [0, 0.05) is 0 Å². The van der Waals surface area contributed by atoms with Gasteiger partial charge in [-0.3, -0.25) is 0 Å². The lowest BCUT2D eigenvalue weighted by molar-refractivity contribution is 0.263. The van der Waals surface area contributed by atoms with Gasteiger partial charge in [-0.25, -0.2) is 0 Å². The minimum Gasteiger partial charge on any atom is -0.493 e. The van der Waals surface area contributed by atoms with Gasteiger partial charge in [-0.15, -0.1) is 0 Å². The van der Waals surface area contributed by atoms with Gasteiger partial charge in [0.1, 0.15) is 11.1 Å². The lowest BCUT2D eigenvalue weighted by Crippen LogP contribution is -2.29. The van der Waals surface area contributed by atoms with Crippen LogP contribution in [0.5, 0.6) is 17.2 Å². The van der Waals surface area contributed by atoms with Crippen molar-refractivity contribution < 1.29 is 14.2 Å². The van der Waals surface area contributed by atoms with Crippen LogP contribution in [0.3, 0.4) is 0 Å². The van der Waals surface area contributed by atoms with Gasteiger partial charge in [0.15, 0.2) is 11.5 Å². The maximum Gasteiger partial charge on any atom is 0.203 e. The zero-order valence-corrected chi connectivity index (χ0v) is 10.3. The van der Waals surface area contributed by atoms with Crippen molar-refractivity contribution in [3.8, 4) is 17.2 Å². The van der Waals surface area contributed by atoms with Crippen LogP contribution >= 0.6 is 12.2 Å². The van der Waals surface area contributed by atoms with E-state index in [0.717, 1.165) is 0 Å². The first kappa shape index (κ1) is 12.6. The molecule has 0 saturated heterocycles. The fraction of sp³-hybridized carbons (Fsp3) is 0.364. The number of rotatable bonds is 5. The van der Waals surface area contributed by atoms with E-state index < -0.39 is 0 Å². The summed E-state index contributed by atoms with van der Waals surface area (Å²) in [4.78, 5) is 0.296. The van der Waals surface area contributed by atoms with E-state index in [1.54, 1.807) is 33.3 Å². The highest BCUT2D eigenvalue weighted by Gasteiger charge is 2.14. The van der Waals surface area contributed by atoms with Crippen LogP contribution in [0.4, 0.5) is 0 Å². The first-order valence-corrected chi connectivity index (χ1v) is 5.18. The Morgan fingerprint density at radius 2 is 1.88 bits per heavy atom. The summed E-state index contributed by atoms with van der Waals surface area (Å²) in [5.41, 5.74) is 5.48. The minimum atomic E-state index is -0.351. The van der Waals surface area contributed by atoms with Crippen LogP contribution in [0, 0.1) is 0 Å². The molecule has 0 heterocycles. The third-order valence-corrected chi connectivity index (χ3v) is 2.40. The lowest BCUT2D eigenvalue weighted by atomic mass is 10.3. The molecule has 0 aliphatic heterocycles. The van der Waals surface area contributed by atoms with Crippen molar-refractivity contribution in [2.75, 3.05) is 14.2 Å². The molecule has 0 aliphatic rings. The Bertz CT molecular complexity index is 381. The second-order valence-corrected chi connectivity index (χ2v) is 3.63. The SMILES string of the molecule is COc1cccc(OC(C)C(N)=S)c1OC. The van der Waals surface area contributed by atoms with Gasteiger partial charge in [0.25, 0.3) is 0 Å². The first-order valence-electron chi connectivity index (χ1n) is 4.77. The van der Waals surface area contributed by atoms with Crippen molar-refractivity contribution in [3.05, 3.63) is 18.2 Å². The average molecular weight is 241 g/mol. The van der Waals surface area contributed by atoms with Crippen LogP contribution in [0.15, 0.2) is 18.2 Å². The summed E-state index contributed by atoms with van der Waals surface area (Å²) in [6.07, 6.45) is -0.351. The van der Waals surface area contributed by atoms with Gasteiger partial charge in [-0.2, -0.15) is 0 Å². The molecule has 2 N–H and O–H groups in total. The second kappa shape index (κ2) is 5.55. The van der Waals surface area contributed by atoms with Crippen molar-refractivity contribution in [2.24, 2.45) is 5.73 Å². The minimum absolute atomic E-state index is 0.296. The van der Waals surface area contributed by atoms with Crippen LogP contribution in [-0.4, -0.2) is 25.3 Å². The maximum atomic E-state index is 5.57. The molecule has 5 heteroatoms. The summed E-state index contributed by atoms with van der Waals surface area (Å²) in [6.45, 7) is 1.78. The van der Waals surface area contributed by atoms with E-state index in [0.29, 0.717) is 22.2 Å². The van der Waals surface area contributed by atoms with Gasteiger partial charge < -0.3 is 19.9 Å². The highest BCUT2D eigenvalue weighted by atomic mass is 32.1. The summed E-state index contributed by atoms with van der Waals surface area (Å²) in [6, 6.07) is 5.37. The van der Waals surface area contributed by atoms with Crippen molar-refractivity contribution in [1.29, 1.82) is 0 Å². The van der Waals surface area contributed by atoms with Crippen molar-refractivity contribution in [3.63, 3.8) is 0 Å². The Labute approximate surface area is 100 Å². The normalized spacial score (nSPS) is 11.7. The molecule has 0 amide bonds. The molecule has 0 bridgehead atoms. The lowest BCUT2D eigenvalue weighted by Gasteiger charge is -2.17. The summed E-state index contributed by atoms with van der Waals surface area (Å²) in [7, 11) is 3.12. The Morgan fingerprint density at radius 1 is 1.25 bits per heavy atom. The summed E-state index contributed by atoms with van der Waals surface area (Å²) < 4.78 is 15.9. The van der Waals surface area contributed by atoms with Crippen molar-refractivity contribution >= 4 is 17.2 Å².